The maximum Gasteiger partial charge on any atom is 0.410 e. The minimum atomic E-state index is -4.36. The van der Waals surface area contributed by atoms with Crippen LogP contribution < -0.4 is 5.32 Å². The molecular weight excluding hydrogens is 381 g/mol. The quantitative estimate of drug-likeness (QED) is 0.830. The van der Waals surface area contributed by atoms with Gasteiger partial charge >= 0.3 is 6.18 Å². The molecule has 10 heteroatoms. The first kappa shape index (κ1) is 20.4. The molecule has 3 rings (SSSR count). The lowest BCUT2D eigenvalue weighted by Gasteiger charge is -2.35. The van der Waals surface area contributed by atoms with Gasteiger partial charge in [-0.3, -0.25) is 0 Å². The Morgan fingerprint density at radius 2 is 1.93 bits per heavy atom. The molecular formula is C17H27F3N4O2S. The second kappa shape index (κ2) is 7.27. The first-order valence-electron chi connectivity index (χ1n) is 9.43. The molecule has 0 saturated carbocycles. The Labute approximate surface area is 158 Å². The number of alkyl halides is 3. The zero-order valence-corrected chi connectivity index (χ0v) is 16.6. The molecule has 2 aliphatic rings. The smallest absolute Gasteiger partial charge is 0.367 e. The topological polar surface area (TPSA) is 67.2 Å². The number of sulfonamides is 1. The van der Waals surface area contributed by atoms with Crippen LogP contribution in [0.2, 0.25) is 0 Å². The largest absolute Gasteiger partial charge is 0.410 e. The Kier molecular flexibility index (Phi) is 5.51. The molecule has 6 nitrogen and oxygen atoms in total. The molecule has 0 bridgehead atoms. The summed E-state index contributed by atoms with van der Waals surface area (Å²) in [6.07, 6.45) is -3.26. The van der Waals surface area contributed by atoms with Crippen molar-refractivity contribution in [3.63, 3.8) is 0 Å². The number of aromatic nitrogens is 2. The van der Waals surface area contributed by atoms with Gasteiger partial charge in [-0.25, -0.2) is 17.4 Å². The highest BCUT2D eigenvalue weighted by molar-refractivity contribution is 7.89. The molecule has 2 atom stereocenters. The van der Waals surface area contributed by atoms with E-state index >= 15 is 0 Å². The van der Waals surface area contributed by atoms with E-state index < -0.39 is 22.2 Å². The summed E-state index contributed by atoms with van der Waals surface area (Å²) < 4.78 is 67.2. The van der Waals surface area contributed by atoms with Gasteiger partial charge in [0, 0.05) is 31.1 Å². The fourth-order valence-corrected chi connectivity index (χ4v) is 5.00. The molecule has 1 N–H and O–H groups in total. The summed E-state index contributed by atoms with van der Waals surface area (Å²) in [4.78, 5) is 0. The Balaban J connectivity index is 1.81. The van der Waals surface area contributed by atoms with Gasteiger partial charge in [-0.1, -0.05) is 13.8 Å². The highest BCUT2D eigenvalue weighted by Gasteiger charge is 2.47. The van der Waals surface area contributed by atoms with Gasteiger partial charge in [-0.05, 0) is 32.1 Å². The number of anilines is 1. The highest BCUT2D eigenvalue weighted by Crippen LogP contribution is 2.42. The number of rotatable bonds is 4. The van der Waals surface area contributed by atoms with Gasteiger partial charge in [0.15, 0.2) is 6.04 Å². The van der Waals surface area contributed by atoms with E-state index in [0.717, 1.165) is 4.68 Å². The average Bonchev–Trinajstić information content (AvgIpc) is 3.04. The number of hydrogen-bond donors (Lipinski definition) is 1. The molecule has 27 heavy (non-hydrogen) atoms. The van der Waals surface area contributed by atoms with Crippen molar-refractivity contribution in [3.05, 3.63) is 11.8 Å². The number of halogens is 3. The van der Waals surface area contributed by atoms with E-state index in [2.05, 4.69) is 10.4 Å². The maximum absolute atomic E-state index is 13.6. The molecule has 1 aromatic rings. The van der Waals surface area contributed by atoms with E-state index in [-0.39, 0.29) is 30.1 Å². The van der Waals surface area contributed by atoms with E-state index in [9.17, 15) is 21.6 Å². The predicted octanol–water partition coefficient (Wildman–Crippen LogP) is 3.36. The number of nitrogens with zero attached hydrogens (tertiary/aromatic N) is 3. The molecule has 1 saturated heterocycles. The van der Waals surface area contributed by atoms with Crippen LogP contribution >= 0.6 is 0 Å². The van der Waals surface area contributed by atoms with Gasteiger partial charge in [-0.15, -0.1) is 0 Å². The molecule has 0 amide bonds. The van der Waals surface area contributed by atoms with Crippen LogP contribution in [0.1, 0.15) is 57.7 Å². The summed E-state index contributed by atoms with van der Waals surface area (Å²) in [5.41, 5.74) is 0.615. The van der Waals surface area contributed by atoms with Gasteiger partial charge in [0.1, 0.15) is 5.82 Å². The van der Waals surface area contributed by atoms with Gasteiger partial charge < -0.3 is 5.32 Å². The van der Waals surface area contributed by atoms with Crippen LogP contribution in [0.5, 0.6) is 0 Å². The fraction of sp³-hybridized carbons (Fsp3) is 0.824. The second-order valence-corrected chi connectivity index (χ2v) is 10.0. The molecule has 0 spiro atoms. The van der Waals surface area contributed by atoms with Crippen LogP contribution in [-0.4, -0.2) is 53.6 Å². The molecule has 1 fully saturated rings. The van der Waals surface area contributed by atoms with Gasteiger partial charge in [0.2, 0.25) is 10.0 Å². The summed E-state index contributed by atoms with van der Waals surface area (Å²) in [7, 11) is -3.23. The standard InChI is InChI=1S/C17H27F3N4O2S/c1-4-27(25,26)23-7-5-12(6-8-23)14-10-16-21-13(11(2)3)9-15(17(18,19)20)24(16)22-14/h10-13,15,21H,4-9H2,1-3H3/t13-,15+/m0/s1. The third kappa shape index (κ3) is 4.11. The van der Waals surface area contributed by atoms with Crippen LogP contribution in [0, 0.1) is 5.92 Å². The third-order valence-electron chi connectivity index (χ3n) is 5.67. The first-order valence-corrected chi connectivity index (χ1v) is 11.0. The van der Waals surface area contributed by atoms with Crippen LogP contribution in [0.4, 0.5) is 19.0 Å². The summed E-state index contributed by atoms with van der Waals surface area (Å²) in [6.45, 7) is 6.18. The SMILES string of the molecule is CCS(=O)(=O)N1CCC(c2cc3n(n2)[C@@H](C(F)(F)F)C[C@@H](C(C)C)N3)CC1. The fourth-order valence-electron chi connectivity index (χ4n) is 3.87. The van der Waals surface area contributed by atoms with Crippen LogP contribution in [-0.2, 0) is 10.0 Å². The predicted molar refractivity (Wildman–Crippen MR) is 97.2 cm³/mol. The monoisotopic (exact) mass is 408 g/mol. The Hall–Kier alpha value is -1.29. The molecule has 1 aromatic heterocycles. The van der Waals surface area contributed by atoms with Crippen molar-refractivity contribution in [1.29, 1.82) is 0 Å². The first-order chi connectivity index (χ1) is 12.5. The molecule has 3 heterocycles. The van der Waals surface area contributed by atoms with E-state index in [1.54, 1.807) is 13.0 Å². The zero-order chi connectivity index (χ0) is 20.0. The molecule has 0 aromatic carbocycles. The Morgan fingerprint density at radius 1 is 1.30 bits per heavy atom. The van der Waals surface area contributed by atoms with Crippen molar-refractivity contribution in [2.45, 2.75) is 64.2 Å². The molecule has 0 aliphatic carbocycles. The summed E-state index contributed by atoms with van der Waals surface area (Å²) in [6, 6.07) is -0.178. The van der Waals surface area contributed by atoms with Gasteiger partial charge in [-0.2, -0.15) is 18.3 Å². The van der Waals surface area contributed by atoms with E-state index in [1.807, 2.05) is 13.8 Å². The Morgan fingerprint density at radius 3 is 2.44 bits per heavy atom. The van der Waals surface area contributed by atoms with Crippen LogP contribution in [0.15, 0.2) is 6.07 Å². The highest BCUT2D eigenvalue weighted by atomic mass is 32.2. The summed E-state index contributed by atoms with van der Waals surface area (Å²) in [5.74, 6) is 0.509. The summed E-state index contributed by atoms with van der Waals surface area (Å²) >= 11 is 0. The van der Waals surface area contributed by atoms with Gasteiger partial charge in [0.05, 0.1) is 11.4 Å². The maximum atomic E-state index is 13.6. The lowest BCUT2D eigenvalue weighted by Crippen LogP contribution is -2.41. The minimum absolute atomic E-state index is 0.0282. The van der Waals surface area contributed by atoms with E-state index in [4.69, 9.17) is 0 Å². The average molecular weight is 408 g/mol. The Bertz CT molecular complexity index is 768. The van der Waals surface area contributed by atoms with Crippen molar-refractivity contribution in [3.8, 4) is 0 Å². The van der Waals surface area contributed by atoms with Crippen molar-refractivity contribution < 1.29 is 21.6 Å². The van der Waals surface area contributed by atoms with Crippen LogP contribution in [0.25, 0.3) is 0 Å². The van der Waals surface area contributed by atoms with Crippen molar-refractivity contribution >= 4 is 15.8 Å². The number of nitrogens with one attached hydrogen (secondary N) is 1. The number of fused-ring (bicyclic) bond motifs is 1. The lowest BCUT2D eigenvalue weighted by molar-refractivity contribution is -0.174. The summed E-state index contributed by atoms with van der Waals surface area (Å²) in [5, 5.41) is 7.48. The van der Waals surface area contributed by atoms with E-state index in [0.29, 0.717) is 37.4 Å². The van der Waals surface area contributed by atoms with Crippen molar-refractivity contribution in [1.82, 2.24) is 14.1 Å². The van der Waals surface area contributed by atoms with Crippen molar-refractivity contribution in [2.24, 2.45) is 5.92 Å². The molecule has 154 valence electrons. The van der Waals surface area contributed by atoms with Crippen LogP contribution in [0.3, 0.4) is 0 Å². The third-order valence-corrected chi connectivity index (χ3v) is 7.55. The van der Waals surface area contributed by atoms with Crippen molar-refractivity contribution in [2.75, 3.05) is 24.2 Å². The van der Waals surface area contributed by atoms with E-state index in [1.165, 1.54) is 4.31 Å². The minimum Gasteiger partial charge on any atom is -0.367 e. The number of hydrogen-bond acceptors (Lipinski definition) is 4. The zero-order valence-electron chi connectivity index (χ0n) is 15.8. The number of piperidine rings is 1. The molecule has 0 unspecified atom stereocenters. The van der Waals surface area contributed by atoms with Gasteiger partial charge in [0.25, 0.3) is 0 Å². The molecule has 0 radical (unpaired) electrons. The lowest BCUT2D eigenvalue weighted by atomic mass is 9.94. The molecule has 2 aliphatic heterocycles. The second-order valence-electron chi connectivity index (χ2n) is 7.76. The normalized spacial score (nSPS) is 25.4.